The van der Waals surface area contributed by atoms with E-state index >= 15 is 0 Å². The molecule has 28 heavy (non-hydrogen) atoms. The highest BCUT2D eigenvalue weighted by Crippen LogP contribution is 2.19. The van der Waals surface area contributed by atoms with Crippen molar-refractivity contribution in [3.05, 3.63) is 96.2 Å². The molecule has 1 amide bonds. The van der Waals surface area contributed by atoms with E-state index in [0.717, 1.165) is 16.8 Å². The number of amides is 1. The van der Waals surface area contributed by atoms with Crippen LogP contribution in [-0.4, -0.2) is 20.7 Å². The quantitative estimate of drug-likeness (QED) is 0.540. The Morgan fingerprint density at radius 1 is 1.07 bits per heavy atom. The second kappa shape index (κ2) is 7.52. The smallest absolute Gasteiger partial charge is 0.269 e. The van der Waals surface area contributed by atoms with E-state index in [-0.39, 0.29) is 17.8 Å². The summed E-state index contributed by atoms with van der Waals surface area (Å²) in [5.74, 6) is -0.559. The van der Waals surface area contributed by atoms with Gasteiger partial charge in [0.25, 0.3) is 5.91 Å². The third kappa shape index (κ3) is 3.71. The number of carbonyl (C=O) groups is 1. The lowest BCUT2D eigenvalue weighted by atomic mass is 10.1. The van der Waals surface area contributed by atoms with Gasteiger partial charge < -0.3 is 9.88 Å². The first kappa shape index (κ1) is 17.7. The molecule has 5 nitrogen and oxygen atoms in total. The Labute approximate surface area is 161 Å². The lowest BCUT2D eigenvalue weighted by molar-refractivity contribution is 0.0935. The van der Waals surface area contributed by atoms with Crippen molar-refractivity contribution in [2.75, 3.05) is 0 Å². The van der Waals surface area contributed by atoms with Crippen LogP contribution in [-0.2, 0) is 0 Å². The van der Waals surface area contributed by atoms with Gasteiger partial charge in [-0.3, -0.25) is 9.89 Å². The summed E-state index contributed by atoms with van der Waals surface area (Å²) in [6, 6.07) is 19.4. The Morgan fingerprint density at radius 3 is 2.43 bits per heavy atom. The van der Waals surface area contributed by atoms with Crippen LogP contribution in [0.2, 0.25) is 0 Å². The summed E-state index contributed by atoms with van der Waals surface area (Å²) in [5.41, 5.74) is 3.75. The van der Waals surface area contributed by atoms with E-state index in [1.807, 2.05) is 60.3 Å². The Hall–Kier alpha value is -3.67. The zero-order chi connectivity index (χ0) is 19.5. The number of aromatic nitrogens is 3. The number of nitrogens with zero attached hydrogens (tertiary/aromatic N) is 2. The van der Waals surface area contributed by atoms with Gasteiger partial charge in [0.2, 0.25) is 0 Å². The maximum absolute atomic E-state index is 13.1. The predicted octanol–water partition coefficient (Wildman–Crippen LogP) is 4.50. The molecule has 2 N–H and O–H groups in total. The van der Waals surface area contributed by atoms with Crippen molar-refractivity contribution in [1.29, 1.82) is 0 Å². The van der Waals surface area contributed by atoms with Crippen LogP contribution in [0.15, 0.2) is 79.1 Å². The number of benzene rings is 2. The van der Waals surface area contributed by atoms with Crippen LogP contribution in [0.4, 0.5) is 4.39 Å². The Kier molecular flexibility index (Phi) is 4.76. The number of hydrogen-bond acceptors (Lipinski definition) is 2. The van der Waals surface area contributed by atoms with Gasteiger partial charge in [-0.05, 0) is 67.1 Å². The normalized spacial score (nSPS) is 11.9. The molecule has 2 aromatic carbocycles. The molecule has 6 heteroatoms. The Balaban J connectivity index is 1.44. The molecule has 0 saturated carbocycles. The minimum Gasteiger partial charge on any atom is -0.344 e. The fourth-order valence-electron chi connectivity index (χ4n) is 3.01. The summed E-state index contributed by atoms with van der Waals surface area (Å²) in [7, 11) is 0. The largest absolute Gasteiger partial charge is 0.344 e. The lowest BCUT2D eigenvalue weighted by Crippen LogP contribution is -2.26. The van der Waals surface area contributed by atoms with Crippen LogP contribution in [0.1, 0.15) is 29.0 Å². The number of nitrogens with one attached hydrogen (secondary N) is 2. The SMILES string of the molecule is CC(NC(=O)c1cc(-c2ccc(F)cc2)n[nH]1)c1ccc(-n2cccc2)cc1. The minimum absolute atomic E-state index is 0.163. The first-order valence-corrected chi connectivity index (χ1v) is 8.96. The summed E-state index contributed by atoms with van der Waals surface area (Å²) < 4.78 is 15.1. The molecule has 2 heterocycles. The van der Waals surface area contributed by atoms with Crippen LogP contribution in [0.3, 0.4) is 0 Å². The maximum Gasteiger partial charge on any atom is 0.269 e. The summed E-state index contributed by atoms with van der Waals surface area (Å²) in [6.07, 6.45) is 3.97. The van der Waals surface area contributed by atoms with Gasteiger partial charge in [0, 0.05) is 23.6 Å². The van der Waals surface area contributed by atoms with Crippen molar-refractivity contribution >= 4 is 5.91 Å². The summed E-state index contributed by atoms with van der Waals surface area (Å²) in [4.78, 5) is 12.5. The van der Waals surface area contributed by atoms with E-state index in [1.54, 1.807) is 18.2 Å². The van der Waals surface area contributed by atoms with Crippen molar-refractivity contribution in [3.63, 3.8) is 0 Å². The second-order valence-corrected chi connectivity index (χ2v) is 6.55. The first-order chi connectivity index (χ1) is 13.6. The van der Waals surface area contributed by atoms with Gasteiger partial charge in [0.1, 0.15) is 11.5 Å². The number of halogens is 1. The van der Waals surface area contributed by atoms with Crippen molar-refractivity contribution in [2.24, 2.45) is 0 Å². The van der Waals surface area contributed by atoms with E-state index in [0.29, 0.717) is 11.4 Å². The maximum atomic E-state index is 13.1. The van der Waals surface area contributed by atoms with E-state index in [4.69, 9.17) is 0 Å². The van der Waals surface area contributed by atoms with Crippen molar-refractivity contribution in [3.8, 4) is 16.9 Å². The van der Waals surface area contributed by atoms with Crippen LogP contribution in [0.5, 0.6) is 0 Å². The molecule has 0 aliphatic rings. The van der Waals surface area contributed by atoms with Gasteiger partial charge in [-0.15, -0.1) is 0 Å². The van der Waals surface area contributed by atoms with Crippen LogP contribution in [0.25, 0.3) is 16.9 Å². The second-order valence-electron chi connectivity index (χ2n) is 6.55. The standard InChI is InChI=1S/C22H19FN4O/c1-15(16-6-10-19(11-7-16)27-12-2-3-13-27)24-22(28)21-14-20(25-26-21)17-4-8-18(23)9-5-17/h2-15H,1H3,(H,24,28)(H,25,26). The van der Waals surface area contributed by atoms with E-state index in [2.05, 4.69) is 15.5 Å². The molecule has 4 aromatic rings. The molecular weight excluding hydrogens is 355 g/mol. The average Bonchev–Trinajstić information content (AvgIpc) is 3.41. The highest BCUT2D eigenvalue weighted by Gasteiger charge is 2.15. The van der Waals surface area contributed by atoms with Gasteiger partial charge >= 0.3 is 0 Å². The monoisotopic (exact) mass is 374 g/mol. The highest BCUT2D eigenvalue weighted by molar-refractivity contribution is 5.93. The fraction of sp³-hybridized carbons (Fsp3) is 0.0909. The van der Waals surface area contributed by atoms with Gasteiger partial charge in [-0.25, -0.2) is 4.39 Å². The molecule has 0 spiro atoms. The van der Waals surface area contributed by atoms with Crippen molar-refractivity contribution < 1.29 is 9.18 Å². The molecule has 0 saturated heterocycles. The van der Waals surface area contributed by atoms with Gasteiger partial charge in [-0.1, -0.05) is 12.1 Å². The van der Waals surface area contributed by atoms with Crippen molar-refractivity contribution in [2.45, 2.75) is 13.0 Å². The molecular formula is C22H19FN4O. The number of carbonyl (C=O) groups excluding carboxylic acids is 1. The molecule has 1 atom stereocenters. The molecule has 2 aromatic heterocycles. The lowest BCUT2D eigenvalue weighted by Gasteiger charge is -2.14. The average molecular weight is 374 g/mol. The summed E-state index contributed by atoms with van der Waals surface area (Å²) in [6.45, 7) is 1.93. The third-order valence-corrected chi connectivity index (χ3v) is 4.61. The Morgan fingerprint density at radius 2 is 1.75 bits per heavy atom. The number of H-pyrrole nitrogens is 1. The Bertz CT molecular complexity index is 1070. The van der Waals surface area contributed by atoms with Crippen LogP contribution in [0, 0.1) is 5.82 Å². The molecule has 0 fully saturated rings. The zero-order valence-corrected chi connectivity index (χ0v) is 15.3. The van der Waals surface area contributed by atoms with Gasteiger partial charge in [-0.2, -0.15) is 5.10 Å². The van der Waals surface area contributed by atoms with Crippen LogP contribution >= 0.6 is 0 Å². The predicted molar refractivity (Wildman–Crippen MR) is 106 cm³/mol. The molecule has 0 aliphatic carbocycles. The molecule has 4 rings (SSSR count). The molecule has 140 valence electrons. The number of rotatable bonds is 5. The van der Waals surface area contributed by atoms with E-state index in [1.165, 1.54) is 12.1 Å². The van der Waals surface area contributed by atoms with E-state index in [9.17, 15) is 9.18 Å². The molecule has 1 unspecified atom stereocenters. The fourth-order valence-corrected chi connectivity index (χ4v) is 3.01. The van der Waals surface area contributed by atoms with Gasteiger partial charge in [0.05, 0.1) is 11.7 Å². The minimum atomic E-state index is -0.311. The summed E-state index contributed by atoms with van der Waals surface area (Å²) >= 11 is 0. The van der Waals surface area contributed by atoms with Crippen LogP contribution < -0.4 is 5.32 Å². The summed E-state index contributed by atoms with van der Waals surface area (Å²) in [5, 5.41) is 9.85. The van der Waals surface area contributed by atoms with Crippen molar-refractivity contribution in [1.82, 2.24) is 20.1 Å². The topological polar surface area (TPSA) is 62.7 Å². The molecule has 0 aliphatic heterocycles. The molecule has 0 bridgehead atoms. The third-order valence-electron chi connectivity index (χ3n) is 4.61. The zero-order valence-electron chi connectivity index (χ0n) is 15.3. The first-order valence-electron chi connectivity index (χ1n) is 8.96. The highest BCUT2D eigenvalue weighted by atomic mass is 19.1. The van der Waals surface area contributed by atoms with Gasteiger partial charge in [0.15, 0.2) is 0 Å². The van der Waals surface area contributed by atoms with E-state index < -0.39 is 0 Å². The number of hydrogen-bond donors (Lipinski definition) is 2. The molecule has 0 radical (unpaired) electrons. The number of aromatic amines is 1.